The van der Waals surface area contributed by atoms with Crippen molar-refractivity contribution >= 4 is 28.7 Å². The van der Waals surface area contributed by atoms with Crippen LogP contribution in [0.5, 0.6) is 0 Å². The van der Waals surface area contributed by atoms with Gasteiger partial charge in [0.2, 0.25) is 0 Å². The number of hydrogen-bond donors (Lipinski definition) is 2. The molecule has 1 fully saturated rings. The lowest BCUT2D eigenvalue weighted by atomic mass is 9.98. The van der Waals surface area contributed by atoms with Gasteiger partial charge >= 0.3 is 0 Å². The Labute approximate surface area is 190 Å². The van der Waals surface area contributed by atoms with Crippen LogP contribution in [-0.4, -0.2) is 54.6 Å². The molecular formula is C24H21N7O2. The molecule has 0 aliphatic carbocycles. The summed E-state index contributed by atoms with van der Waals surface area (Å²) in [6, 6.07) is 13.2. The van der Waals surface area contributed by atoms with Gasteiger partial charge in [-0.25, -0.2) is 4.98 Å². The first kappa shape index (κ1) is 20.6. The second-order valence-electron chi connectivity index (χ2n) is 7.63. The molecule has 0 atom stereocenters. The molecule has 0 saturated carbocycles. The summed E-state index contributed by atoms with van der Waals surface area (Å²) in [7, 11) is 0. The van der Waals surface area contributed by atoms with Gasteiger partial charge < -0.3 is 20.3 Å². The number of morpholine rings is 1. The summed E-state index contributed by atoms with van der Waals surface area (Å²) in [5.41, 5.74) is 5.64. The van der Waals surface area contributed by atoms with E-state index in [1.165, 1.54) is 6.20 Å². The molecule has 4 heterocycles. The average molecular weight is 439 g/mol. The van der Waals surface area contributed by atoms with Crippen molar-refractivity contribution in [2.24, 2.45) is 4.99 Å². The molecule has 0 unspecified atom stereocenters. The lowest BCUT2D eigenvalue weighted by molar-refractivity contribution is -0.110. The van der Waals surface area contributed by atoms with E-state index < -0.39 is 0 Å². The molecule has 0 bridgehead atoms. The number of rotatable bonds is 4. The van der Waals surface area contributed by atoms with Crippen LogP contribution in [0.2, 0.25) is 0 Å². The van der Waals surface area contributed by atoms with E-state index in [0.29, 0.717) is 31.3 Å². The Morgan fingerprint density at radius 2 is 1.97 bits per heavy atom. The normalized spacial score (nSPS) is 15.0. The van der Waals surface area contributed by atoms with Crippen LogP contribution in [0.1, 0.15) is 11.3 Å². The number of nitrogens with one attached hydrogen (secondary N) is 2. The van der Waals surface area contributed by atoms with Gasteiger partial charge in [-0.05, 0) is 35.9 Å². The van der Waals surface area contributed by atoms with Crippen LogP contribution in [-0.2, 0) is 9.53 Å². The van der Waals surface area contributed by atoms with Gasteiger partial charge in [0.25, 0.3) is 5.91 Å². The molecule has 1 aromatic carbocycles. The highest BCUT2D eigenvalue weighted by Gasteiger charge is 2.22. The highest BCUT2D eigenvalue weighted by molar-refractivity contribution is 6.50. The topological polar surface area (TPSA) is 116 Å². The van der Waals surface area contributed by atoms with Crippen LogP contribution in [0.15, 0.2) is 60.0 Å². The van der Waals surface area contributed by atoms with Gasteiger partial charge in [-0.3, -0.25) is 14.8 Å². The SMILES string of the molecule is N#Cc1ccc(NC(=O)C2=NCNc3ccc(-c4cncc(N5CCOCC5)c4)cc32)cn1. The second kappa shape index (κ2) is 9.06. The van der Waals surface area contributed by atoms with Gasteiger partial charge in [0, 0.05) is 36.1 Å². The minimum absolute atomic E-state index is 0.287. The minimum atomic E-state index is -0.332. The molecule has 2 N–H and O–H groups in total. The first-order valence-electron chi connectivity index (χ1n) is 10.6. The van der Waals surface area contributed by atoms with Crippen molar-refractivity contribution in [2.45, 2.75) is 0 Å². The van der Waals surface area contributed by atoms with E-state index in [1.54, 1.807) is 12.1 Å². The summed E-state index contributed by atoms with van der Waals surface area (Å²) in [6.45, 7) is 3.40. The van der Waals surface area contributed by atoms with Crippen LogP contribution in [0.25, 0.3) is 11.1 Å². The van der Waals surface area contributed by atoms with Crippen LogP contribution in [0, 0.1) is 11.3 Å². The number of hydrogen-bond acceptors (Lipinski definition) is 8. The molecule has 2 aromatic heterocycles. The molecule has 164 valence electrons. The minimum Gasteiger partial charge on any atom is -0.378 e. The van der Waals surface area contributed by atoms with Crippen molar-refractivity contribution in [2.75, 3.05) is 48.5 Å². The zero-order valence-electron chi connectivity index (χ0n) is 17.8. The molecule has 9 nitrogen and oxygen atoms in total. The van der Waals surface area contributed by atoms with Crippen molar-refractivity contribution in [3.05, 3.63) is 66.2 Å². The Hall–Kier alpha value is -4.29. The summed E-state index contributed by atoms with van der Waals surface area (Å²) < 4.78 is 5.45. The fraction of sp³-hybridized carbons (Fsp3) is 0.208. The van der Waals surface area contributed by atoms with Crippen molar-refractivity contribution in [3.8, 4) is 17.2 Å². The summed E-state index contributed by atoms with van der Waals surface area (Å²) in [6.07, 6.45) is 5.14. The summed E-state index contributed by atoms with van der Waals surface area (Å²) in [4.78, 5) is 28.1. The van der Waals surface area contributed by atoms with E-state index in [1.807, 2.05) is 36.7 Å². The maximum absolute atomic E-state index is 13.0. The number of carbonyl (C=O) groups excluding carboxylic acids is 1. The number of amides is 1. The smallest absolute Gasteiger partial charge is 0.274 e. The quantitative estimate of drug-likeness (QED) is 0.642. The molecule has 3 aromatic rings. The van der Waals surface area contributed by atoms with Crippen molar-refractivity contribution < 1.29 is 9.53 Å². The fourth-order valence-electron chi connectivity index (χ4n) is 3.86. The molecule has 5 rings (SSSR count). The Morgan fingerprint density at radius 3 is 2.76 bits per heavy atom. The number of benzene rings is 1. The Bertz CT molecular complexity index is 1260. The number of carbonyl (C=O) groups is 1. The molecule has 9 heteroatoms. The monoisotopic (exact) mass is 439 g/mol. The second-order valence-corrected chi connectivity index (χ2v) is 7.63. The van der Waals surface area contributed by atoms with Gasteiger partial charge in [-0.1, -0.05) is 6.07 Å². The molecule has 2 aliphatic heterocycles. The number of aromatic nitrogens is 2. The third kappa shape index (κ3) is 4.37. The Kier molecular flexibility index (Phi) is 5.66. The molecule has 33 heavy (non-hydrogen) atoms. The maximum Gasteiger partial charge on any atom is 0.274 e. The average Bonchev–Trinajstić information content (AvgIpc) is 2.89. The van der Waals surface area contributed by atoms with E-state index in [9.17, 15) is 4.79 Å². The van der Waals surface area contributed by atoms with Gasteiger partial charge in [0.05, 0.1) is 37.0 Å². The lowest BCUT2D eigenvalue weighted by Crippen LogP contribution is -2.36. The van der Waals surface area contributed by atoms with Gasteiger partial charge in [0.15, 0.2) is 0 Å². The van der Waals surface area contributed by atoms with E-state index in [4.69, 9.17) is 10.00 Å². The number of ether oxygens (including phenoxy) is 1. The molecule has 0 radical (unpaired) electrons. The number of nitrogens with zero attached hydrogens (tertiary/aromatic N) is 5. The zero-order valence-corrected chi connectivity index (χ0v) is 17.8. The zero-order chi connectivity index (χ0) is 22.6. The predicted molar refractivity (Wildman–Crippen MR) is 125 cm³/mol. The largest absolute Gasteiger partial charge is 0.378 e. The van der Waals surface area contributed by atoms with Gasteiger partial charge in [0.1, 0.15) is 24.1 Å². The molecule has 0 spiro atoms. The summed E-state index contributed by atoms with van der Waals surface area (Å²) in [5.74, 6) is -0.332. The Balaban J connectivity index is 1.41. The third-order valence-electron chi connectivity index (χ3n) is 5.57. The summed E-state index contributed by atoms with van der Waals surface area (Å²) >= 11 is 0. The third-order valence-corrected chi connectivity index (χ3v) is 5.57. The molecule has 1 saturated heterocycles. The highest BCUT2D eigenvalue weighted by atomic mass is 16.5. The molecule has 1 amide bonds. The van der Waals surface area contributed by atoms with Crippen molar-refractivity contribution in [1.29, 1.82) is 5.26 Å². The van der Waals surface area contributed by atoms with Crippen LogP contribution in [0.3, 0.4) is 0 Å². The van der Waals surface area contributed by atoms with E-state index in [2.05, 4.69) is 36.6 Å². The van der Waals surface area contributed by atoms with Crippen molar-refractivity contribution in [3.63, 3.8) is 0 Å². The first-order chi connectivity index (χ1) is 16.2. The Morgan fingerprint density at radius 1 is 1.09 bits per heavy atom. The van der Waals surface area contributed by atoms with E-state index in [-0.39, 0.29) is 11.6 Å². The maximum atomic E-state index is 13.0. The van der Waals surface area contributed by atoms with Gasteiger partial charge in [-0.2, -0.15) is 5.26 Å². The number of anilines is 3. The molecule has 2 aliphatic rings. The van der Waals surface area contributed by atoms with Crippen molar-refractivity contribution in [1.82, 2.24) is 9.97 Å². The standard InChI is InChI=1S/C24H21N7O2/c25-11-18-2-3-19(13-27-18)30-24(32)23-21-10-16(1-4-22(21)28-15-29-23)17-9-20(14-26-12-17)31-5-7-33-8-6-31/h1-4,9-10,12-14,28H,5-8,15H2,(H,30,32). The fourth-order valence-corrected chi connectivity index (χ4v) is 3.86. The van der Waals surface area contributed by atoms with E-state index in [0.717, 1.165) is 41.2 Å². The van der Waals surface area contributed by atoms with Crippen LogP contribution in [0.4, 0.5) is 17.1 Å². The number of pyridine rings is 2. The highest BCUT2D eigenvalue weighted by Crippen LogP contribution is 2.30. The summed E-state index contributed by atoms with van der Waals surface area (Å²) in [5, 5.41) is 14.9. The van der Waals surface area contributed by atoms with E-state index >= 15 is 0 Å². The number of fused-ring (bicyclic) bond motifs is 1. The van der Waals surface area contributed by atoms with Gasteiger partial charge in [-0.15, -0.1) is 0 Å². The predicted octanol–water partition coefficient (Wildman–Crippen LogP) is 2.66. The number of aliphatic imine (C=N–C) groups is 1. The van der Waals surface area contributed by atoms with Crippen LogP contribution >= 0.6 is 0 Å². The van der Waals surface area contributed by atoms with Crippen LogP contribution < -0.4 is 15.5 Å². The lowest BCUT2D eigenvalue weighted by Gasteiger charge is -2.28. The first-order valence-corrected chi connectivity index (χ1v) is 10.6. The molecular weight excluding hydrogens is 418 g/mol. The number of nitriles is 1.